The summed E-state index contributed by atoms with van der Waals surface area (Å²) in [6.07, 6.45) is 11.2. The fourth-order valence-electron chi connectivity index (χ4n) is 6.92. The first kappa shape index (κ1) is 16.9. The van der Waals surface area contributed by atoms with Crippen molar-refractivity contribution in [3.8, 4) is 0 Å². The average molecular weight is 373 g/mol. The van der Waals surface area contributed by atoms with E-state index in [0.717, 1.165) is 47.2 Å². The molecule has 0 atom stereocenters. The van der Waals surface area contributed by atoms with E-state index >= 15 is 0 Å². The number of rotatable bonds is 4. The maximum absolute atomic E-state index is 13.0. The Morgan fingerprint density at radius 3 is 2.31 bits per heavy atom. The first-order chi connectivity index (χ1) is 12.6. The van der Waals surface area contributed by atoms with E-state index < -0.39 is 0 Å². The second-order valence-electron chi connectivity index (χ2n) is 9.47. The van der Waals surface area contributed by atoms with Gasteiger partial charge in [-0.2, -0.15) is 0 Å². The summed E-state index contributed by atoms with van der Waals surface area (Å²) in [6.45, 7) is 2.06. The van der Waals surface area contributed by atoms with E-state index in [1.54, 1.807) is 0 Å². The molecule has 1 amide bonds. The first-order valence-corrected chi connectivity index (χ1v) is 10.8. The zero-order valence-electron chi connectivity index (χ0n) is 15.5. The predicted octanol–water partition coefficient (Wildman–Crippen LogP) is 5.49. The van der Waals surface area contributed by atoms with Crippen molar-refractivity contribution < 1.29 is 4.79 Å². The minimum absolute atomic E-state index is 0.190. The lowest BCUT2D eigenvalue weighted by Gasteiger charge is -2.56. The van der Waals surface area contributed by atoms with Crippen LogP contribution in [0.15, 0.2) is 18.2 Å². The van der Waals surface area contributed by atoms with Crippen molar-refractivity contribution in [2.24, 2.45) is 23.2 Å². The van der Waals surface area contributed by atoms with Crippen LogP contribution in [-0.2, 0) is 4.79 Å². The molecule has 1 heterocycles. The maximum atomic E-state index is 13.0. The molecule has 26 heavy (non-hydrogen) atoms. The molecule has 0 unspecified atom stereocenters. The number of nitrogens with zero attached hydrogens (tertiary/aromatic N) is 1. The third-order valence-electron chi connectivity index (χ3n) is 7.38. The minimum Gasteiger partial charge on any atom is -0.369 e. The van der Waals surface area contributed by atoms with E-state index in [1.807, 2.05) is 18.2 Å². The van der Waals surface area contributed by atoms with Crippen molar-refractivity contribution in [3.05, 3.63) is 23.2 Å². The Balaban J connectivity index is 1.33. The molecule has 0 spiro atoms. The van der Waals surface area contributed by atoms with Gasteiger partial charge >= 0.3 is 0 Å². The Bertz CT molecular complexity index is 675. The molecule has 4 heteroatoms. The summed E-state index contributed by atoms with van der Waals surface area (Å²) < 4.78 is 0. The normalized spacial score (nSPS) is 35.1. The predicted molar refractivity (Wildman–Crippen MR) is 107 cm³/mol. The molecule has 4 saturated carbocycles. The lowest BCUT2D eigenvalue weighted by molar-refractivity contribution is -0.124. The summed E-state index contributed by atoms with van der Waals surface area (Å²) in [4.78, 5) is 15.3. The van der Waals surface area contributed by atoms with E-state index in [1.165, 1.54) is 51.4 Å². The van der Waals surface area contributed by atoms with Crippen molar-refractivity contribution in [1.82, 2.24) is 0 Å². The third-order valence-corrected chi connectivity index (χ3v) is 7.69. The van der Waals surface area contributed by atoms with Gasteiger partial charge in [0.15, 0.2) is 0 Å². The van der Waals surface area contributed by atoms with Crippen LogP contribution in [0.4, 0.5) is 11.4 Å². The van der Waals surface area contributed by atoms with Crippen LogP contribution >= 0.6 is 11.6 Å². The van der Waals surface area contributed by atoms with Crippen molar-refractivity contribution in [3.63, 3.8) is 0 Å². The van der Waals surface area contributed by atoms with E-state index in [2.05, 4.69) is 10.2 Å². The standard InChI is InChI=1S/C22H29ClN2O/c23-18-4-3-5-19(21(18)25-6-1-2-7-25)24-20(26)14-22-11-15-8-16(12-22)10-17(9-15)13-22/h3-5,15-17H,1-2,6-14H2,(H,24,26). The molecular weight excluding hydrogens is 344 g/mol. The Hall–Kier alpha value is -1.22. The van der Waals surface area contributed by atoms with Crippen LogP contribution in [0.1, 0.15) is 57.8 Å². The van der Waals surface area contributed by atoms with Gasteiger partial charge in [-0.3, -0.25) is 4.79 Å². The number of hydrogen-bond donors (Lipinski definition) is 1. The number of halogens is 1. The highest BCUT2D eigenvalue weighted by Gasteiger charge is 2.51. The molecule has 1 aromatic carbocycles. The van der Waals surface area contributed by atoms with Crippen molar-refractivity contribution in [1.29, 1.82) is 0 Å². The summed E-state index contributed by atoms with van der Waals surface area (Å²) in [7, 11) is 0. The van der Waals surface area contributed by atoms with Crippen LogP contribution in [0, 0.1) is 23.2 Å². The summed E-state index contributed by atoms with van der Waals surface area (Å²) >= 11 is 6.50. The maximum Gasteiger partial charge on any atom is 0.224 e. The fourth-order valence-corrected chi connectivity index (χ4v) is 7.21. The molecule has 3 nitrogen and oxygen atoms in total. The number of carbonyl (C=O) groups is 1. The molecule has 1 N–H and O–H groups in total. The number of benzene rings is 1. The Morgan fingerprint density at radius 2 is 1.69 bits per heavy atom. The highest BCUT2D eigenvalue weighted by molar-refractivity contribution is 6.34. The van der Waals surface area contributed by atoms with Crippen LogP contribution in [0.2, 0.25) is 5.02 Å². The summed E-state index contributed by atoms with van der Waals surface area (Å²) in [5.74, 6) is 2.86. The molecule has 4 aliphatic carbocycles. The highest BCUT2D eigenvalue weighted by atomic mass is 35.5. The van der Waals surface area contributed by atoms with Gasteiger partial charge < -0.3 is 10.2 Å². The topological polar surface area (TPSA) is 32.3 Å². The molecule has 1 aliphatic heterocycles. The second-order valence-corrected chi connectivity index (χ2v) is 9.88. The molecule has 1 aromatic rings. The van der Waals surface area contributed by atoms with Gasteiger partial charge in [-0.1, -0.05) is 17.7 Å². The largest absolute Gasteiger partial charge is 0.369 e. The molecule has 1 saturated heterocycles. The van der Waals surface area contributed by atoms with Gasteiger partial charge in [-0.15, -0.1) is 0 Å². The number of hydrogen-bond acceptors (Lipinski definition) is 2. The number of carbonyl (C=O) groups excluding carboxylic acids is 1. The first-order valence-electron chi connectivity index (χ1n) is 10.4. The smallest absolute Gasteiger partial charge is 0.224 e. The van der Waals surface area contributed by atoms with Gasteiger partial charge in [0.2, 0.25) is 5.91 Å². The zero-order valence-corrected chi connectivity index (χ0v) is 16.2. The monoisotopic (exact) mass is 372 g/mol. The van der Waals surface area contributed by atoms with E-state index in [9.17, 15) is 4.79 Å². The quantitative estimate of drug-likeness (QED) is 0.758. The molecule has 6 rings (SSSR count). The fraction of sp³-hybridized carbons (Fsp3) is 0.682. The molecular formula is C22H29ClN2O. The average Bonchev–Trinajstić information content (AvgIpc) is 3.07. The molecule has 0 aromatic heterocycles. The van der Waals surface area contributed by atoms with Crippen LogP contribution in [-0.4, -0.2) is 19.0 Å². The molecule has 140 valence electrons. The number of nitrogens with one attached hydrogen (secondary N) is 1. The number of anilines is 2. The molecule has 5 aliphatic rings. The van der Waals surface area contributed by atoms with Crippen LogP contribution in [0.3, 0.4) is 0 Å². The van der Waals surface area contributed by atoms with Gasteiger partial charge in [0, 0.05) is 19.5 Å². The Labute approximate surface area is 161 Å². The van der Waals surface area contributed by atoms with Crippen LogP contribution < -0.4 is 10.2 Å². The van der Waals surface area contributed by atoms with Gasteiger partial charge in [-0.25, -0.2) is 0 Å². The lowest BCUT2D eigenvalue weighted by Crippen LogP contribution is -2.47. The van der Waals surface area contributed by atoms with E-state index in [4.69, 9.17) is 11.6 Å². The zero-order chi connectivity index (χ0) is 17.7. The molecule has 5 fully saturated rings. The third kappa shape index (κ3) is 3.02. The Morgan fingerprint density at radius 1 is 1.08 bits per heavy atom. The van der Waals surface area contributed by atoms with Crippen LogP contribution in [0.25, 0.3) is 0 Å². The van der Waals surface area contributed by atoms with Gasteiger partial charge in [0.05, 0.1) is 16.4 Å². The Kier molecular flexibility index (Phi) is 4.19. The van der Waals surface area contributed by atoms with Crippen molar-refractivity contribution in [2.45, 2.75) is 57.8 Å². The number of para-hydroxylation sites is 1. The molecule has 4 bridgehead atoms. The summed E-state index contributed by atoms with van der Waals surface area (Å²) in [5, 5.41) is 3.99. The van der Waals surface area contributed by atoms with Gasteiger partial charge in [0.25, 0.3) is 0 Å². The lowest BCUT2D eigenvalue weighted by atomic mass is 9.49. The van der Waals surface area contributed by atoms with Crippen molar-refractivity contribution >= 4 is 28.9 Å². The van der Waals surface area contributed by atoms with Crippen molar-refractivity contribution in [2.75, 3.05) is 23.3 Å². The minimum atomic E-state index is 0.190. The summed E-state index contributed by atoms with van der Waals surface area (Å²) in [6, 6.07) is 5.89. The van der Waals surface area contributed by atoms with E-state index in [-0.39, 0.29) is 11.3 Å². The van der Waals surface area contributed by atoms with Gasteiger partial charge in [-0.05, 0) is 86.7 Å². The SMILES string of the molecule is O=C(CC12CC3CC(CC(C3)C1)C2)Nc1cccc(Cl)c1N1CCCC1. The molecule has 0 radical (unpaired) electrons. The van der Waals surface area contributed by atoms with E-state index in [0.29, 0.717) is 6.42 Å². The highest BCUT2D eigenvalue weighted by Crippen LogP contribution is 2.61. The van der Waals surface area contributed by atoms with Crippen LogP contribution in [0.5, 0.6) is 0 Å². The second kappa shape index (κ2) is 6.44. The van der Waals surface area contributed by atoms with Gasteiger partial charge in [0.1, 0.15) is 0 Å². The number of amides is 1. The summed E-state index contributed by atoms with van der Waals surface area (Å²) in [5.41, 5.74) is 2.20.